The summed E-state index contributed by atoms with van der Waals surface area (Å²) in [7, 11) is 0. The molecule has 0 spiro atoms. The zero-order chi connectivity index (χ0) is 23.7. The molecule has 1 aromatic heterocycles. The molecule has 1 aliphatic rings. The van der Waals surface area contributed by atoms with Crippen molar-refractivity contribution < 1.29 is 24.2 Å². The highest BCUT2D eigenvalue weighted by Crippen LogP contribution is 2.27. The highest BCUT2D eigenvalue weighted by Gasteiger charge is 2.37. The molecule has 0 bridgehead atoms. The maximum absolute atomic E-state index is 12.6. The highest BCUT2D eigenvalue weighted by molar-refractivity contribution is 6.21. The number of non-ortho nitro benzene ring substituents is 2. The number of nitro groups is 2. The molecule has 0 unspecified atom stereocenters. The number of anilines is 1. The predicted octanol–water partition coefficient (Wildman–Crippen LogP) is 1.53. The molecule has 0 radical (unpaired) electrons. The second-order valence-electron chi connectivity index (χ2n) is 6.94. The van der Waals surface area contributed by atoms with Crippen molar-refractivity contribution in [3.8, 4) is 0 Å². The Morgan fingerprint density at radius 1 is 0.939 bits per heavy atom. The normalized spacial score (nSPS) is 12.5. The number of nitrogens with one attached hydrogen (secondary N) is 1. The summed E-state index contributed by atoms with van der Waals surface area (Å²) in [4.78, 5) is 58.5. The molecule has 0 aliphatic carbocycles. The van der Waals surface area contributed by atoms with Gasteiger partial charge in [-0.1, -0.05) is 5.21 Å². The van der Waals surface area contributed by atoms with Crippen molar-refractivity contribution in [1.29, 1.82) is 0 Å². The molecule has 0 saturated carbocycles. The van der Waals surface area contributed by atoms with Crippen molar-refractivity contribution in [2.45, 2.75) is 13.1 Å². The van der Waals surface area contributed by atoms with Gasteiger partial charge in [-0.3, -0.25) is 39.5 Å². The van der Waals surface area contributed by atoms with Crippen molar-refractivity contribution in [1.82, 2.24) is 19.9 Å². The van der Waals surface area contributed by atoms with E-state index >= 15 is 0 Å². The van der Waals surface area contributed by atoms with Gasteiger partial charge >= 0.3 is 0 Å². The van der Waals surface area contributed by atoms with Crippen LogP contribution >= 0.6 is 0 Å². The lowest BCUT2D eigenvalue weighted by Crippen LogP contribution is -2.29. The van der Waals surface area contributed by atoms with Crippen LogP contribution in [0.3, 0.4) is 0 Å². The Balaban J connectivity index is 1.40. The SMILES string of the molecule is O=C(Cn1cc(CN2C(=O)c3ccc([N+](=O)[O-])cc3C2=O)nn1)Nc1ccc([N+](=O)[O-])cc1. The number of nitro benzene ring substituents is 2. The molecule has 14 heteroatoms. The van der Waals surface area contributed by atoms with Crippen LogP contribution in [0.5, 0.6) is 0 Å². The summed E-state index contributed by atoms with van der Waals surface area (Å²) in [6, 6.07) is 8.69. The summed E-state index contributed by atoms with van der Waals surface area (Å²) in [6.07, 6.45) is 1.38. The minimum Gasteiger partial charge on any atom is -0.324 e. The van der Waals surface area contributed by atoms with E-state index < -0.39 is 27.6 Å². The molecule has 3 aromatic rings. The van der Waals surface area contributed by atoms with Gasteiger partial charge in [-0.15, -0.1) is 5.10 Å². The molecule has 1 aliphatic heterocycles. The number of fused-ring (bicyclic) bond motifs is 1. The molecule has 4 rings (SSSR count). The average molecular weight is 451 g/mol. The summed E-state index contributed by atoms with van der Waals surface area (Å²) in [5, 5.41) is 31.8. The minimum atomic E-state index is -0.691. The molecule has 3 amide bonds. The van der Waals surface area contributed by atoms with Crippen LogP contribution in [0.2, 0.25) is 0 Å². The van der Waals surface area contributed by atoms with Crippen molar-refractivity contribution in [3.05, 3.63) is 85.7 Å². The van der Waals surface area contributed by atoms with E-state index in [9.17, 15) is 34.6 Å². The third kappa shape index (κ3) is 4.25. The molecule has 2 aromatic carbocycles. The largest absolute Gasteiger partial charge is 0.324 e. The number of nitrogens with zero attached hydrogens (tertiary/aromatic N) is 6. The minimum absolute atomic E-state index is 0.0560. The topological polar surface area (TPSA) is 183 Å². The van der Waals surface area contributed by atoms with Crippen molar-refractivity contribution in [2.75, 3.05) is 5.32 Å². The fourth-order valence-electron chi connectivity index (χ4n) is 3.20. The Bertz CT molecular complexity index is 1320. The number of imide groups is 1. The highest BCUT2D eigenvalue weighted by atomic mass is 16.6. The van der Waals surface area contributed by atoms with E-state index in [1.807, 2.05) is 0 Å². The number of hydrogen-bond donors (Lipinski definition) is 1. The molecular weight excluding hydrogens is 438 g/mol. The summed E-state index contributed by atoms with van der Waals surface area (Å²) < 4.78 is 1.19. The second kappa shape index (κ2) is 8.26. The molecule has 0 atom stereocenters. The number of aromatic nitrogens is 3. The maximum atomic E-state index is 12.6. The number of carbonyl (C=O) groups excluding carboxylic acids is 3. The first-order valence-corrected chi connectivity index (χ1v) is 9.31. The summed E-state index contributed by atoms with van der Waals surface area (Å²) in [5.41, 5.74) is 0.149. The van der Waals surface area contributed by atoms with E-state index in [1.54, 1.807) is 0 Å². The van der Waals surface area contributed by atoms with Crippen LogP contribution in [-0.4, -0.2) is 47.5 Å². The van der Waals surface area contributed by atoms with Crippen LogP contribution in [-0.2, 0) is 17.9 Å². The first kappa shape index (κ1) is 21.2. The first-order valence-electron chi connectivity index (χ1n) is 9.31. The van der Waals surface area contributed by atoms with Gasteiger partial charge in [-0.05, 0) is 18.2 Å². The Morgan fingerprint density at radius 3 is 2.24 bits per heavy atom. The molecule has 33 heavy (non-hydrogen) atoms. The lowest BCUT2D eigenvalue weighted by molar-refractivity contribution is -0.385. The van der Waals surface area contributed by atoms with E-state index in [2.05, 4.69) is 15.6 Å². The van der Waals surface area contributed by atoms with Gasteiger partial charge in [-0.25, -0.2) is 4.68 Å². The van der Waals surface area contributed by atoms with Crippen LogP contribution in [0, 0.1) is 20.2 Å². The van der Waals surface area contributed by atoms with Crippen molar-refractivity contribution in [3.63, 3.8) is 0 Å². The molecule has 14 nitrogen and oxygen atoms in total. The average Bonchev–Trinajstić information content (AvgIpc) is 3.31. The fraction of sp³-hybridized carbons (Fsp3) is 0.105. The molecular formula is C19H13N7O7. The number of rotatable bonds is 7. The van der Waals surface area contributed by atoms with Gasteiger partial charge in [0.15, 0.2) is 0 Å². The Kier molecular flexibility index (Phi) is 5.31. The lowest BCUT2D eigenvalue weighted by atomic mass is 10.1. The summed E-state index contributed by atoms with van der Waals surface area (Å²) >= 11 is 0. The number of carbonyl (C=O) groups is 3. The van der Waals surface area contributed by atoms with Crippen molar-refractivity contribution in [2.24, 2.45) is 0 Å². The zero-order valence-electron chi connectivity index (χ0n) is 16.6. The molecule has 1 N–H and O–H groups in total. The monoisotopic (exact) mass is 451 g/mol. The number of hydrogen-bond acceptors (Lipinski definition) is 9. The van der Waals surface area contributed by atoms with Crippen LogP contribution in [0.15, 0.2) is 48.7 Å². The first-order chi connectivity index (χ1) is 15.7. The zero-order valence-corrected chi connectivity index (χ0v) is 16.6. The van der Waals surface area contributed by atoms with Gasteiger partial charge in [0.05, 0.1) is 33.7 Å². The van der Waals surface area contributed by atoms with Crippen LogP contribution in [0.25, 0.3) is 0 Å². The Hall–Kier alpha value is -5.01. The lowest BCUT2D eigenvalue weighted by Gasteiger charge is -2.11. The van der Waals surface area contributed by atoms with Gasteiger partial charge in [0.1, 0.15) is 12.2 Å². The molecule has 0 saturated heterocycles. The van der Waals surface area contributed by atoms with Gasteiger partial charge < -0.3 is 5.32 Å². The third-order valence-electron chi connectivity index (χ3n) is 4.74. The van der Waals surface area contributed by atoms with E-state index in [-0.39, 0.29) is 41.3 Å². The Morgan fingerprint density at radius 2 is 1.58 bits per heavy atom. The van der Waals surface area contributed by atoms with Gasteiger partial charge in [0, 0.05) is 30.0 Å². The van der Waals surface area contributed by atoms with Gasteiger partial charge in [-0.2, -0.15) is 0 Å². The Labute approximate surface area is 183 Å². The van der Waals surface area contributed by atoms with E-state index in [0.717, 1.165) is 17.0 Å². The summed E-state index contributed by atoms with van der Waals surface area (Å²) in [6.45, 7) is -0.470. The molecule has 2 heterocycles. The van der Waals surface area contributed by atoms with Crippen molar-refractivity contribution >= 4 is 34.8 Å². The third-order valence-corrected chi connectivity index (χ3v) is 4.74. The van der Waals surface area contributed by atoms with Gasteiger partial charge in [0.25, 0.3) is 23.2 Å². The van der Waals surface area contributed by atoms with Gasteiger partial charge in [0.2, 0.25) is 5.91 Å². The predicted molar refractivity (Wildman–Crippen MR) is 109 cm³/mol. The fourth-order valence-corrected chi connectivity index (χ4v) is 3.20. The smallest absolute Gasteiger partial charge is 0.270 e. The quantitative estimate of drug-likeness (QED) is 0.316. The van der Waals surface area contributed by atoms with E-state index in [0.29, 0.717) is 5.69 Å². The molecule has 166 valence electrons. The standard InChI is InChI=1S/C19H13N7O7/c27-17(20-11-1-3-13(4-2-11)25(30)31)10-23-8-12(21-22-23)9-24-18(28)15-6-5-14(26(32)33)7-16(15)19(24)29/h1-8H,9-10H2,(H,20,27). The maximum Gasteiger partial charge on any atom is 0.270 e. The number of benzene rings is 2. The number of amides is 3. The van der Waals surface area contributed by atoms with Crippen LogP contribution < -0.4 is 5.32 Å². The second-order valence-corrected chi connectivity index (χ2v) is 6.94. The van der Waals surface area contributed by atoms with Crippen LogP contribution in [0.1, 0.15) is 26.4 Å². The summed E-state index contributed by atoms with van der Waals surface area (Å²) in [5.74, 6) is -1.78. The molecule has 0 fully saturated rings. The van der Waals surface area contributed by atoms with E-state index in [1.165, 1.54) is 41.2 Å². The van der Waals surface area contributed by atoms with E-state index in [4.69, 9.17) is 0 Å². The van der Waals surface area contributed by atoms with Crippen LogP contribution in [0.4, 0.5) is 17.1 Å².